The molecular weight excluding hydrogens is 484 g/mol. The first-order valence-corrected chi connectivity index (χ1v) is 13.7. The van der Waals surface area contributed by atoms with Gasteiger partial charge in [-0.3, -0.25) is 9.78 Å². The van der Waals surface area contributed by atoms with Crippen molar-refractivity contribution in [3.05, 3.63) is 81.8 Å². The Morgan fingerprint density at radius 3 is 2.51 bits per heavy atom. The molecule has 8 nitrogen and oxygen atoms in total. The van der Waals surface area contributed by atoms with Gasteiger partial charge < -0.3 is 25.8 Å². The molecule has 4 rings (SSSR count). The van der Waals surface area contributed by atoms with Crippen LogP contribution in [0.1, 0.15) is 33.6 Å². The van der Waals surface area contributed by atoms with Crippen molar-refractivity contribution < 1.29 is 9.59 Å². The number of nitrogens with two attached hydrogens (primary N) is 1. The third kappa shape index (κ3) is 8.11. The zero-order chi connectivity index (χ0) is 26.0. The normalized spacial score (nSPS) is 14.4. The molecule has 3 aromatic rings. The molecule has 9 heteroatoms. The molecule has 2 aromatic heterocycles. The zero-order valence-electron chi connectivity index (χ0n) is 21.4. The molecule has 0 atom stereocenters. The molecular formula is C28H36N6O2S. The minimum absolute atomic E-state index is 0.0683. The number of nitrogen functional groups attached to an aromatic ring is 1. The second kappa shape index (κ2) is 13.3. The van der Waals surface area contributed by atoms with E-state index in [0.29, 0.717) is 31.0 Å². The number of amides is 2. The number of hydrogen-bond donors (Lipinski definition) is 2. The van der Waals surface area contributed by atoms with Crippen LogP contribution in [-0.2, 0) is 19.5 Å². The third-order valence-electron chi connectivity index (χ3n) is 6.68. The minimum atomic E-state index is -0.102. The van der Waals surface area contributed by atoms with Crippen LogP contribution in [0.2, 0.25) is 0 Å². The summed E-state index contributed by atoms with van der Waals surface area (Å²) < 4.78 is 0. The number of carbonyl (C=O) groups excluding carboxylic acids is 2. The fourth-order valence-corrected chi connectivity index (χ4v) is 5.09. The maximum atomic E-state index is 13.1. The van der Waals surface area contributed by atoms with Crippen LogP contribution in [0, 0.1) is 0 Å². The highest BCUT2D eigenvalue weighted by molar-refractivity contribution is 7.08. The average Bonchev–Trinajstić information content (AvgIpc) is 3.32. The molecule has 1 aliphatic rings. The number of hydrogen-bond acceptors (Lipinski definition) is 7. The van der Waals surface area contributed by atoms with Crippen LogP contribution in [0.5, 0.6) is 0 Å². The maximum absolute atomic E-state index is 13.1. The first-order valence-electron chi connectivity index (χ1n) is 12.7. The first kappa shape index (κ1) is 26.8. The summed E-state index contributed by atoms with van der Waals surface area (Å²) in [6, 6.07) is 13.4. The van der Waals surface area contributed by atoms with Crippen molar-refractivity contribution in [2.75, 3.05) is 52.0 Å². The number of anilines is 1. The summed E-state index contributed by atoms with van der Waals surface area (Å²) in [6.45, 7) is 6.81. The van der Waals surface area contributed by atoms with Crippen LogP contribution >= 0.6 is 11.3 Å². The van der Waals surface area contributed by atoms with Crippen LogP contribution < -0.4 is 11.1 Å². The van der Waals surface area contributed by atoms with Crippen LogP contribution in [0.25, 0.3) is 0 Å². The summed E-state index contributed by atoms with van der Waals surface area (Å²) in [4.78, 5) is 36.8. The van der Waals surface area contributed by atoms with E-state index in [-0.39, 0.29) is 18.2 Å². The monoisotopic (exact) mass is 520 g/mol. The fourth-order valence-electron chi connectivity index (χ4n) is 4.34. The minimum Gasteiger partial charge on any atom is -0.398 e. The van der Waals surface area contributed by atoms with E-state index in [1.54, 1.807) is 12.3 Å². The van der Waals surface area contributed by atoms with Gasteiger partial charge in [0.2, 0.25) is 0 Å². The second-order valence-corrected chi connectivity index (χ2v) is 10.3. The predicted molar refractivity (Wildman–Crippen MR) is 149 cm³/mol. The Labute approximate surface area is 223 Å². The standard InChI is InChI=1S/C28H36N6O2S/c1-32-12-14-33(15-13-32)10-5-11-34(28(36)31-17-22-6-3-2-4-7-22)19-23-8-9-26(30-18-23)27(35)16-24-20-37-21-25(24)29/h2-4,6-9,18,20-21H,5,10-17,19,29H2,1H3,(H,31,36). The Hall–Kier alpha value is -3.27. The Balaban J connectivity index is 1.35. The summed E-state index contributed by atoms with van der Waals surface area (Å²) in [5.74, 6) is -0.0683. The number of piperazine rings is 1. The summed E-state index contributed by atoms with van der Waals surface area (Å²) in [5.41, 5.74) is 9.75. The molecule has 2 amide bonds. The molecule has 1 fully saturated rings. The van der Waals surface area contributed by atoms with Gasteiger partial charge in [0.25, 0.3) is 0 Å². The Kier molecular flexibility index (Phi) is 9.65. The number of rotatable bonds is 11. The fraction of sp³-hybridized carbons (Fsp3) is 0.393. The lowest BCUT2D eigenvalue weighted by Crippen LogP contribution is -2.45. The van der Waals surface area contributed by atoms with Crippen LogP contribution in [-0.4, -0.2) is 77.8 Å². The van der Waals surface area contributed by atoms with Crippen molar-refractivity contribution in [2.45, 2.75) is 25.9 Å². The van der Waals surface area contributed by atoms with Crippen molar-refractivity contribution in [3.63, 3.8) is 0 Å². The lowest BCUT2D eigenvalue weighted by molar-refractivity contribution is 0.0988. The number of benzene rings is 1. The number of carbonyl (C=O) groups is 2. The van der Waals surface area contributed by atoms with Gasteiger partial charge in [-0.1, -0.05) is 36.4 Å². The van der Waals surface area contributed by atoms with Gasteiger partial charge in [0.05, 0.1) is 0 Å². The Bertz CT molecular complexity index is 1140. The van der Waals surface area contributed by atoms with E-state index in [4.69, 9.17) is 5.73 Å². The number of ketones is 1. The molecule has 196 valence electrons. The quantitative estimate of drug-likeness (QED) is 0.376. The van der Waals surface area contributed by atoms with Crippen molar-refractivity contribution in [1.29, 1.82) is 0 Å². The number of nitrogens with one attached hydrogen (secondary N) is 1. The molecule has 3 N–H and O–H groups in total. The van der Waals surface area contributed by atoms with E-state index >= 15 is 0 Å². The third-order valence-corrected chi connectivity index (χ3v) is 7.49. The molecule has 37 heavy (non-hydrogen) atoms. The highest BCUT2D eigenvalue weighted by atomic mass is 32.1. The van der Waals surface area contributed by atoms with Gasteiger partial charge in [-0.05, 0) is 48.2 Å². The van der Waals surface area contributed by atoms with E-state index < -0.39 is 0 Å². The van der Waals surface area contributed by atoms with Gasteiger partial charge in [0, 0.05) is 69.5 Å². The average molecular weight is 521 g/mol. The van der Waals surface area contributed by atoms with E-state index in [1.165, 1.54) is 11.3 Å². The number of pyridine rings is 1. The van der Waals surface area contributed by atoms with Gasteiger partial charge in [-0.25, -0.2) is 4.79 Å². The van der Waals surface area contributed by atoms with E-state index in [9.17, 15) is 9.59 Å². The highest BCUT2D eigenvalue weighted by Crippen LogP contribution is 2.19. The first-order chi connectivity index (χ1) is 18.0. The Morgan fingerprint density at radius 1 is 1.05 bits per heavy atom. The lowest BCUT2D eigenvalue weighted by Gasteiger charge is -2.33. The second-order valence-electron chi connectivity index (χ2n) is 9.57. The summed E-state index contributed by atoms with van der Waals surface area (Å²) in [6.07, 6.45) is 2.83. The smallest absolute Gasteiger partial charge is 0.317 e. The van der Waals surface area contributed by atoms with E-state index in [2.05, 4.69) is 27.1 Å². The molecule has 0 bridgehead atoms. The van der Waals surface area contributed by atoms with Crippen molar-refractivity contribution >= 4 is 28.8 Å². The zero-order valence-corrected chi connectivity index (χ0v) is 22.3. The number of likely N-dealkylation sites (N-methyl/N-ethyl adjacent to an activating group) is 1. The number of Topliss-reactive ketones (excluding diaryl/α,β-unsaturated/α-hetero) is 1. The number of nitrogens with zero attached hydrogens (tertiary/aromatic N) is 4. The lowest BCUT2D eigenvalue weighted by atomic mass is 10.1. The molecule has 1 saturated heterocycles. The van der Waals surface area contributed by atoms with Crippen molar-refractivity contribution in [1.82, 2.24) is 25.0 Å². The molecule has 0 radical (unpaired) electrons. The molecule has 0 saturated carbocycles. The van der Waals surface area contributed by atoms with E-state index in [1.807, 2.05) is 52.1 Å². The van der Waals surface area contributed by atoms with Crippen molar-refractivity contribution in [2.24, 2.45) is 0 Å². The molecule has 0 unspecified atom stereocenters. The van der Waals surface area contributed by atoms with Crippen LogP contribution in [0.3, 0.4) is 0 Å². The predicted octanol–water partition coefficient (Wildman–Crippen LogP) is 3.50. The van der Waals surface area contributed by atoms with Gasteiger partial charge >= 0.3 is 6.03 Å². The van der Waals surface area contributed by atoms with Gasteiger partial charge in [0.1, 0.15) is 5.69 Å². The summed E-state index contributed by atoms with van der Waals surface area (Å²) in [7, 11) is 2.15. The molecule has 0 spiro atoms. The molecule has 1 aromatic carbocycles. The summed E-state index contributed by atoms with van der Waals surface area (Å²) >= 11 is 1.49. The largest absolute Gasteiger partial charge is 0.398 e. The SMILES string of the molecule is CN1CCN(CCCN(Cc2ccc(C(=O)Cc3cscc3N)nc2)C(=O)NCc2ccccc2)CC1. The van der Waals surface area contributed by atoms with E-state index in [0.717, 1.165) is 55.8 Å². The van der Waals surface area contributed by atoms with Gasteiger partial charge in [-0.2, -0.15) is 0 Å². The van der Waals surface area contributed by atoms with Crippen LogP contribution in [0.4, 0.5) is 10.5 Å². The Morgan fingerprint density at radius 2 is 1.84 bits per heavy atom. The topological polar surface area (TPSA) is 94.8 Å². The molecule has 3 heterocycles. The van der Waals surface area contributed by atoms with Crippen LogP contribution in [0.15, 0.2) is 59.4 Å². The van der Waals surface area contributed by atoms with Gasteiger partial charge in [0.15, 0.2) is 5.78 Å². The number of thiophene rings is 1. The molecule has 0 aliphatic carbocycles. The van der Waals surface area contributed by atoms with Gasteiger partial charge in [-0.15, -0.1) is 11.3 Å². The molecule has 1 aliphatic heterocycles. The number of urea groups is 1. The number of aromatic nitrogens is 1. The van der Waals surface area contributed by atoms with Crippen molar-refractivity contribution in [3.8, 4) is 0 Å². The summed E-state index contributed by atoms with van der Waals surface area (Å²) in [5, 5.41) is 6.79. The highest BCUT2D eigenvalue weighted by Gasteiger charge is 2.18. The maximum Gasteiger partial charge on any atom is 0.317 e.